The van der Waals surface area contributed by atoms with Crippen molar-refractivity contribution in [3.63, 3.8) is 0 Å². The van der Waals surface area contributed by atoms with Crippen LogP contribution in [0.2, 0.25) is 0 Å². The number of carbonyl (C=O) groups excluding carboxylic acids is 1. The summed E-state index contributed by atoms with van der Waals surface area (Å²) in [5.74, 6) is 1.70. The molecule has 1 saturated heterocycles. The van der Waals surface area contributed by atoms with Crippen LogP contribution >= 0.6 is 11.8 Å². The van der Waals surface area contributed by atoms with Crippen LogP contribution in [0.25, 0.3) is 0 Å². The van der Waals surface area contributed by atoms with Crippen LogP contribution in [0.4, 0.5) is 0 Å². The molecule has 25 heavy (non-hydrogen) atoms. The number of sulfonamides is 1. The van der Waals surface area contributed by atoms with Crippen molar-refractivity contribution in [1.29, 1.82) is 0 Å². The van der Waals surface area contributed by atoms with Crippen molar-refractivity contribution in [1.82, 2.24) is 14.6 Å². The van der Waals surface area contributed by atoms with E-state index in [2.05, 4.69) is 9.71 Å². The molecule has 2 heterocycles. The van der Waals surface area contributed by atoms with Gasteiger partial charge in [-0.25, -0.2) is 13.1 Å². The molecule has 0 radical (unpaired) electrons. The van der Waals surface area contributed by atoms with Gasteiger partial charge < -0.3 is 4.90 Å². The van der Waals surface area contributed by atoms with Gasteiger partial charge in [0.15, 0.2) is 0 Å². The first-order valence-corrected chi connectivity index (χ1v) is 10.6. The quantitative estimate of drug-likeness (QED) is 0.859. The minimum absolute atomic E-state index is 0.0839. The lowest BCUT2D eigenvalue weighted by Crippen LogP contribution is -2.38. The number of benzene rings is 1. The van der Waals surface area contributed by atoms with Gasteiger partial charge in [0.25, 0.3) is 5.91 Å². The lowest BCUT2D eigenvalue weighted by Gasteiger charge is -2.26. The average Bonchev–Trinajstić information content (AvgIpc) is 2.67. The number of nitrogens with zero attached hydrogens (tertiary/aromatic N) is 2. The Morgan fingerprint density at radius 3 is 2.68 bits per heavy atom. The van der Waals surface area contributed by atoms with Crippen LogP contribution in [0.15, 0.2) is 53.6 Å². The minimum atomic E-state index is -3.71. The largest absolute Gasteiger partial charge is 0.337 e. The van der Waals surface area contributed by atoms with Crippen LogP contribution in [0, 0.1) is 0 Å². The van der Waals surface area contributed by atoms with Crippen LogP contribution in [-0.4, -0.2) is 48.8 Å². The second-order valence-electron chi connectivity index (χ2n) is 5.58. The Hall–Kier alpha value is -1.90. The summed E-state index contributed by atoms with van der Waals surface area (Å²) in [6.07, 6.45) is 1.61. The Morgan fingerprint density at radius 2 is 1.96 bits per heavy atom. The fourth-order valence-corrected chi connectivity index (χ4v) is 4.45. The van der Waals surface area contributed by atoms with E-state index in [1.807, 2.05) is 11.8 Å². The van der Waals surface area contributed by atoms with Crippen LogP contribution in [0.1, 0.15) is 16.1 Å². The highest BCUT2D eigenvalue weighted by Crippen LogP contribution is 2.16. The third kappa shape index (κ3) is 4.59. The highest BCUT2D eigenvalue weighted by atomic mass is 32.2. The Bertz CT molecular complexity index is 835. The van der Waals surface area contributed by atoms with E-state index in [-0.39, 0.29) is 17.3 Å². The molecule has 6 nitrogen and oxygen atoms in total. The highest BCUT2D eigenvalue weighted by Gasteiger charge is 2.21. The van der Waals surface area contributed by atoms with E-state index in [1.54, 1.807) is 41.4 Å². The summed E-state index contributed by atoms with van der Waals surface area (Å²) < 4.78 is 27.5. The van der Waals surface area contributed by atoms with Gasteiger partial charge in [-0.15, -0.1) is 0 Å². The molecule has 1 aliphatic rings. The molecule has 0 aliphatic carbocycles. The molecule has 1 amide bonds. The van der Waals surface area contributed by atoms with Gasteiger partial charge in [0.1, 0.15) is 0 Å². The SMILES string of the molecule is O=C(c1cccc(S(=O)(=O)NCc2ccccn2)c1)N1CCSCC1. The van der Waals surface area contributed by atoms with Gasteiger partial charge in [0, 0.05) is 36.4 Å². The zero-order chi connectivity index (χ0) is 17.7. The number of pyridine rings is 1. The molecule has 1 aliphatic heterocycles. The number of amides is 1. The molecule has 132 valence electrons. The lowest BCUT2D eigenvalue weighted by atomic mass is 10.2. The average molecular weight is 377 g/mol. The molecule has 0 atom stereocenters. The summed E-state index contributed by atoms with van der Waals surface area (Å²) in [6.45, 7) is 1.49. The van der Waals surface area contributed by atoms with Crippen molar-refractivity contribution in [2.45, 2.75) is 11.4 Å². The molecule has 2 aromatic rings. The van der Waals surface area contributed by atoms with Crippen molar-refractivity contribution < 1.29 is 13.2 Å². The summed E-state index contributed by atoms with van der Waals surface area (Å²) in [4.78, 5) is 18.5. The van der Waals surface area contributed by atoms with Crippen molar-refractivity contribution >= 4 is 27.7 Å². The number of aromatic nitrogens is 1. The Morgan fingerprint density at radius 1 is 1.16 bits per heavy atom. The fourth-order valence-electron chi connectivity index (χ4n) is 2.50. The summed E-state index contributed by atoms with van der Waals surface area (Å²) in [6, 6.07) is 11.5. The summed E-state index contributed by atoms with van der Waals surface area (Å²) in [7, 11) is -3.71. The zero-order valence-electron chi connectivity index (χ0n) is 13.6. The maximum absolute atomic E-state index is 12.5. The monoisotopic (exact) mass is 377 g/mol. The van der Waals surface area contributed by atoms with Crippen LogP contribution in [0.5, 0.6) is 0 Å². The van der Waals surface area contributed by atoms with Crippen LogP contribution in [0.3, 0.4) is 0 Å². The molecule has 8 heteroatoms. The van der Waals surface area contributed by atoms with Crippen molar-refractivity contribution in [3.05, 3.63) is 59.9 Å². The maximum atomic E-state index is 12.5. The molecule has 0 bridgehead atoms. The Kier molecular flexibility index (Phi) is 5.72. The molecule has 3 rings (SSSR count). The predicted molar refractivity (Wildman–Crippen MR) is 97.9 cm³/mol. The lowest BCUT2D eigenvalue weighted by molar-refractivity contribution is 0.0772. The molecule has 0 saturated carbocycles. The Balaban J connectivity index is 1.74. The first kappa shape index (κ1) is 17.9. The molecular weight excluding hydrogens is 358 g/mol. The summed E-state index contributed by atoms with van der Waals surface area (Å²) >= 11 is 1.82. The molecule has 1 N–H and O–H groups in total. The second kappa shape index (κ2) is 7.99. The molecule has 1 aromatic heterocycles. The van der Waals surface area contributed by atoms with Gasteiger partial charge >= 0.3 is 0 Å². The Labute approximate surface area is 151 Å². The minimum Gasteiger partial charge on any atom is -0.337 e. The maximum Gasteiger partial charge on any atom is 0.253 e. The standard InChI is InChI=1S/C17H19N3O3S2/c21-17(20-8-10-24-11-9-20)14-4-3-6-16(12-14)25(22,23)19-13-15-5-1-2-7-18-15/h1-7,12,19H,8-11,13H2. The molecule has 1 aromatic carbocycles. The fraction of sp³-hybridized carbons (Fsp3) is 0.294. The van der Waals surface area contributed by atoms with Crippen molar-refractivity contribution in [2.24, 2.45) is 0 Å². The number of nitrogens with one attached hydrogen (secondary N) is 1. The predicted octanol–water partition coefficient (Wildman–Crippen LogP) is 1.75. The number of thioether (sulfide) groups is 1. The number of hydrogen-bond donors (Lipinski definition) is 1. The van der Waals surface area contributed by atoms with Gasteiger partial charge in [-0.05, 0) is 30.3 Å². The van der Waals surface area contributed by atoms with Gasteiger partial charge in [-0.3, -0.25) is 9.78 Å². The summed E-state index contributed by atoms with van der Waals surface area (Å²) in [5, 5.41) is 0. The molecule has 0 unspecified atom stereocenters. The number of rotatable bonds is 5. The topological polar surface area (TPSA) is 79.4 Å². The normalized spacial score (nSPS) is 15.1. The highest BCUT2D eigenvalue weighted by molar-refractivity contribution is 7.99. The molecule has 0 spiro atoms. The van der Waals surface area contributed by atoms with E-state index in [4.69, 9.17) is 0 Å². The van der Waals surface area contributed by atoms with E-state index in [9.17, 15) is 13.2 Å². The number of hydrogen-bond acceptors (Lipinski definition) is 5. The van der Waals surface area contributed by atoms with E-state index in [0.717, 1.165) is 11.5 Å². The summed E-state index contributed by atoms with van der Waals surface area (Å²) in [5.41, 5.74) is 1.02. The smallest absolute Gasteiger partial charge is 0.253 e. The number of carbonyl (C=O) groups is 1. The van der Waals surface area contributed by atoms with E-state index in [1.165, 1.54) is 12.1 Å². The van der Waals surface area contributed by atoms with E-state index >= 15 is 0 Å². The zero-order valence-corrected chi connectivity index (χ0v) is 15.2. The van der Waals surface area contributed by atoms with Gasteiger partial charge in [0.05, 0.1) is 17.1 Å². The first-order chi connectivity index (χ1) is 12.1. The van der Waals surface area contributed by atoms with Crippen LogP contribution < -0.4 is 4.72 Å². The third-order valence-electron chi connectivity index (χ3n) is 3.86. The van der Waals surface area contributed by atoms with Crippen molar-refractivity contribution in [2.75, 3.05) is 24.6 Å². The molecule has 1 fully saturated rings. The van der Waals surface area contributed by atoms with Crippen molar-refractivity contribution in [3.8, 4) is 0 Å². The molecular formula is C17H19N3O3S2. The van der Waals surface area contributed by atoms with Gasteiger partial charge in [-0.1, -0.05) is 12.1 Å². The van der Waals surface area contributed by atoms with E-state index in [0.29, 0.717) is 24.3 Å². The van der Waals surface area contributed by atoms with E-state index < -0.39 is 10.0 Å². The van der Waals surface area contributed by atoms with Crippen LogP contribution in [-0.2, 0) is 16.6 Å². The second-order valence-corrected chi connectivity index (χ2v) is 8.57. The first-order valence-electron chi connectivity index (χ1n) is 7.93. The third-order valence-corrected chi connectivity index (χ3v) is 6.20. The van der Waals surface area contributed by atoms with Gasteiger partial charge in [-0.2, -0.15) is 11.8 Å². The van der Waals surface area contributed by atoms with Gasteiger partial charge in [0.2, 0.25) is 10.0 Å².